The average Bonchev–Trinajstić information content (AvgIpc) is 3.08. The summed E-state index contributed by atoms with van der Waals surface area (Å²) in [5.74, 6) is 2.50. The summed E-state index contributed by atoms with van der Waals surface area (Å²) >= 11 is 0. The molecular weight excluding hydrogens is 374 g/mol. The third kappa shape index (κ3) is 3.65. The maximum Gasteiger partial charge on any atom is 0.316 e. The first-order valence-corrected chi connectivity index (χ1v) is 12.5. The van der Waals surface area contributed by atoms with E-state index >= 15 is 0 Å². The first-order valence-electron chi connectivity index (χ1n) is 12.5. The minimum atomic E-state index is -0.553. The molecule has 0 heterocycles. The number of rotatable bonds is 5. The number of carbonyl (C=O) groups excluding carboxylic acids is 2. The van der Waals surface area contributed by atoms with Crippen LogP contribution in [0, 0.1) is 46.3 Å². The molecule has 4 nitrogen and oxygen atoms in total. The van der Waals surface area contributed by atoms with E-state index in [0.717, 1.165) is 24.8 Å². The van der Waals surface area contributed by atoms with Gasteiger partial charge in [0, 0.05) is 12.5 Å². The van der Waals surface area contributed by atoms with Gasteiger partial charge in [-0.3, -0.25) is 9.59 Å². The van der Waals surface area contributed by atoms with Crippen molar-refractivity contribution in [3.63, 3.8) is 0 Å². The lowest BCUT2D eigenvalue weighted by atomic mass is 9.43. The zero-order chi connectivity index (χ0) is 21.7. The zero-order valence-electron chi connectivity index (χ0n) is 19.8. The van der Waals surface area contributed by atoms with Gasteiger partial charge < -0.3 is 10.1 Å². The Kier molecular flexibility index (Phi) is 6.11. The normalized spacial score (nSPS) is 45.6. The van der Waals surface area contributed by atoms with Crippen LogP contribution in [0.3, 0.4) is 0 Å². The fourth-order valence-corrected chi connectivity index (χ4v) is 8.44. The van der Waals surface area contributed by atoms with Crippen molar-refractivity contribution in [2.24, 2.45) is 46.3 Å². The van der Waals surface area contributed by atoms with E-state index in [1.165, 1.54) is 45.6 Å². The van der Waals surface area contributed by atoms with Crippen molar-refractivity contribution in [3.05, 3.63) is 0 Å². The van der Waals surface area contributed by atoms with Crippen LogP contribution in [0.4, 0.5) is 0 Å². The second-order valence-electron chi connectivity index (χ2n) is 12.0. The molecule has 4 saturated carbocycles. The molecule has 0 aliphatic heterocycles. The van der Waals surface area contributed by atoms with Crippen LogP contribution in [0.25, 0.3) is 0 Å². The number of hydrogen-bond donors (Lipinski definition) is 1. The molecule has 8 atom stereocenters. The molecule has 1 N–H and O–H groups in total. The highest BCUT2D eigenvalue weighted by Crippen LogP contribution is 2.66. The standard InChI is InChI=1S/C26H43NO3/c1-16(2)10-12-27-21-15-25(3)11-6-7-20(25)18-9-8-17-13-22(28)19(24(29)30-5)14-26(17,4)23(18)21/h16-21,23,27H,6-15H2,1-5H3/t17?,18-,19?,20-,21?,23-,25-,26-/m0/s1. The number of methoxy groups -OCH3 is 1. The predicted molar refractivity (Wildman–Crippen MR) is 119 cm³/mol. The third-order valence-corrected chi connectivity index (χ3v) is 9.89. The van der Waals surface area contributed by atoms with Crippen molar-refractivity contribution < 1.29 is 14.3 Å². The molecule has 4 aliphatic rings. The Labute approximate surface area is 183 Å². The molecule has 0 spiro atoms. The van der Waals surface area contributed by atoms with E-state index < -0.39 is 5.92 Å². The maximum absolute atomic E-state index is 12.8. The lowest BCUT2D eigenvalue weighted by Crippen LogP contribution is -2.62. The quantitative estimate of drug-likeness (QED) is 0.505. The molecule has 0 radical (unpaired) electrons. The van der Waals surface area contributed by atoms with Crippen molar-refractivity contribution in [2.45, 2.75) is 91.5 Å². The predicted octanol–water partition coefficient (Wildman–Crippen LogP) is 5.00. The van der Waals surface area contributed by atoms with Crippen molar-refractivity contribution >= 4 is 11.8 Å². The largest absolute Gasteiger partial charge is 0.468 e. The molecule has 4 rings (SSSR count). The van der Waals surface area contributed by atoms with Crippen LogP contribution in [-0.4, -0.2) is 31.4 Å². The van der Waals surface area contributed by atoms with Gasteiger partial charge in [-0.15, -0.1) is 0 Å². The second kappa shape index (κ2) is 8.22. The van der Waals surface area contributed by atoms with E-state index in [-0.39, 0.29) is 17.2 Å². The van der Waals surface area contributed by atoms with Gasteiger partial charge in [0.05, 0.1) is 7.11 Å². The van der Waals surface area contributed by atoms with Gasteiger partial charge in [-0.25, -0.2) is 0 Å². The number of nitrogens with one attached hydrogen (secondary N) is 1. The first-order chi connectivity index (χ1) is 14.2. The Balaban J connectivity index is 1.65. The Hall–Kier alpha value is -0.900. The van der Waals surface area contributed by atoms with Gasteiger partial charge in [0.25, 0.3) is 0 Å². The molecular formula is C26H43NO3. The summed E-state index contributed by atoms with van der Waals surface area (Å²) in [4.78, 5) is 25.3. The summed E-state index contributed by atoms with van der Waals surface area (Å²) in [7, 11) is 1.43. The molecule has 4 fully saturated rings. The summed E-state index contributed by atoms with van der Waals surface area (Å²) in [6.07, 6.45) is 10.3. The monoisotopic (exact) mass is 417 g/mol. The van der Waals surface area contributed by atoms with E-state index in [2.05, 4.69) is 33.0 Å². The van der Waals surface area contributed by atoms with Crippen LogP contribution in [0.2, 0.25) is 0 Å². The van der Waals surface area contributed by atoms with Crippen molar-refractivity contribution in [1.29, 1.82) is 0 Å². The maximum atomic E-state index is 12.8. The minimum absolute atomic E-state index is 0.0507. The summed E-state index contributed by atoms with van der Waals surface area (Å²) in [6, 6.07) is 0.507. The fraction of sp³-hybridized carbons (Fsp3) is 0.923. The summed E-state index contributed by atoms with van der Waals surface area (Å²) in [5.41, 5.74) is 0.515. The topological polar surface area (TPSA) is 55.4 Å². The molecule has 4 heteroatoms. The highest BCUT2D eigenvalue weighted by atomic mass is 16.5. The first kappa shape index (κ1) is 22.3. The van der Waals surface area contributed by atoms with Crippen LogP contribution >= 0.6 is 0 Å². The number of carbonyl (C=O) groups is 2. The van der Waals surface area contributed by atoms with Crippen molar-refractivity contribution in [2.75, 3.05) is 13.7 Å². The lowest BCUT2D eigenvalue weighted by molar-refractivity contribution is -0.166. The molecule has 170 valence electrons. The van der Waals surface area contributed by atoms with E-state index in [1.807, 2.05) is 0 Å². The molecule has 0 aromatic heterocycles. The van der Waals surface area contributed by atoms with Gasteiger partial charge in [0.2, 0.25) is 0 Å². The third-order valence-electron chi connectivity index (χ3n) is 9.89. The van der Waals surface area contributed by atoms with E-state index in [0.29, 0.717) is 42.1 Å². The van der Waals surface area contributed by atoms with Gasteiger partial charge in [-0.1, -0.05) is 34.1 Å². The molecule has 0 saturated heterocycles. The van der Waals surface area contributed by atoms with Gasteiger partial charge in [-0.05, 0) is 91.9 Å². The van der Waals surface area contributed by atoms with Gasteiger partial charge >= 0.3 is 5.97 Å². The van der Waals surface area contributed by atoms with Crippen molar-refractivity contribution in [3.8, 4) is 0 Å². The van der Waals surface area contributed by atoms with E-state index in [4.69, 9.17) is 4.74 Å². The summed E-state index contributed by atoms with van der Waals surface area (Å²) in [5, 5.41) is 4.02. The number of Topliss-reactive ketones (excluding diaryl/α,β-unsaturated/α-hetero) is 1. The van der Waals surface area contributed by atoms with E-state index in [1.54, 1.807) is 0 Å². The van der Waals surface area contributed by atoms with Crippen molar-refractivity contribution in [1.82, 2.24) is 5.32 Å². The molecule has 30 heavy (non-hydrogen) atoms. The van der Waals surface area contributed by atoms with Crippen LogP contribution in [0.1, 0.15) is 85.5 Å². The summed E-state index contributed by atoms with van der Waals surface area (Å²) < 4.78 is 5.05. The van der Waals surface area contributed by atoms with Crippen LogP contribution in [0.5, 0.6) is 0 Å². The molecule has 0 aromatic carbocycles. The fourth-order valence-electron chi connectivity index (χ4n) is 8.44. The minimum Gasteiger partial charge on any atom is -0.468 e. The highest BCUT2D eigenvalue weighted by molar-refractivity contribution is 5.99. The summed E-state index contributed by atoms with van der Waals surface area (Å²) in [6.45, 7) is 10.6. The number of ketones is 1. The zero-order valence-corrected chi connectivity index (χ0v) is 19.8. The molecule has 0 amide bonds. The van der Waals surface area contributed by atoms with Gasteiger partial charge in [0.15, 0.2) is 0 Å². The van der Waals surface area contributed by atoms with Crippen LogP contribution in [0.15, 0.2) is 0 Å². The van der Waals surface area contributed by atoms with Gasteiger partial charge in [-0.2, -0.15) is 0 Å². The number of ether oxygens (including phenoxy) is 1. The van der Waals surface area contributed by atoms with Gasteiger partial charge in [0.1, 0.15) is 11.7 Å². The number of fused-ring (bicyclic) bond motifs is 5. The number of hydrogen-bond acceptors (Lipinski definition) is 4. The molecule has 3 unspecified atom stereocenters. The Morgan fingerprint density at radius 3 is 2.67 bits per heavy atom. The molecule has 4 aliphatic carbocycles. The average molecular weight is 418 g/mol. The van der Waals surface area contributed by atoms with Crippen LogP contribution < -0.4 is 5.32 Å². The number of esters is 1. The Morgan fingerprint density at radius 1 is 1.20 bits per heavy atom. The molecule has 0 aromatic rings. The van der Waals surface area contributed by atoms with Crippen LogP contribution in [-0.2, 0) is 14.3 Å². The Morgan fingerprint density at radius 2 is 1.97 bits per heavy atom. The SMILES string of the molecule is COC(=O)C1C[C@@]2(C)C(CC[C@@H]3[C@H]2C(NCCC(C)C)C[C@]2(C)CCC[C@@H]32)CC1=O. The lowest BCUT2D eigenvalue weighted by Gasteiger charge is -2.63. The molecule has 0 bridgehead atoms. The smallest absolute Gasteiger partial charge is 0.316 e. The van der Waals surface area contributed by atoms with E-state index in [9.17, 15) is 9.59 Å². The highest BCUT2D eigenvalue weighted by Gasteiger charge is 2.62. The second-order valence-corrected chi connectivity index (χ2v) is 12.0. The Bertz CT molecular complexity index is 675.